The van der Waals surface area contributed by atoms with Crippen LogP contribution in [0.25, 0.3) is 0 Å². The maximum Gasteiger partial charge on any atom is 0.258 e. The third-order valence-corrected chi connectivity index (χ3v) is 3.50. The van der Waals surface area contributed by atoms with Gasteiger partial charge in [0.1, 0.15) is 5.75 Å². The summed E-state index contributed by atoms with van der Waals surface area (Å²) >= 11 is 0. The van der Waals surface area contributed by atoms with Crippen LogP contribution in [0.4, 0.5) is 0 Å². The Hall–Kier alpha value is -1.55. The van der Waals surface area contributed by atoms with Crippen molar-refractivity contribution in [1.82, 2.24) is 10.6 Å². The van der Waals surface area contributed by atoms with Crippen LogP contribution in [0.5, 0.6) is 5.75 Å². The van der Waals surface area contributed by atoms with Gasteiger partial charge in [-0.05, 0) is 39.8 Å². The molecule has 21 heavy (non-hydrogen) atoms. The molecule has 1 amide bonds. The number of nitrogens with one attached hydrogen (secondary N) is 2. The van der Waals surface area contributed by atoms with Gasteiger partial charge in [-0.15, -0.1) is 0 Å². The molecule has 0 aliphatic rings. The Morgan fingerprint density at radius 2 is 2.00 bits per heavy atom. The summed E-state index contributed by atoms with van der Waals surface area (Å²) in [6.07, 6.45) is 0.884. The molecule has 2 N–H and O–H groups in total. The van der Waals surface area contributed by atoms with Crippen molar-refractivity contribution in [3.05, 3.63) is 29.3 Å². The monoisotopic (exact) mass is 292 g/mol. The number of amides is 1. The molecular weight excluding hydrogens is 264 g/mol. The molecule has 1 aromatic carbocycles. The first-order valence-electron chi connectivity index (χ1n) is 7.62. The highest BCUT2D eigenvalue weighted by atomic mass is 16.5. The number of hydrogen-bond acceptors (Lipinski definition) is 3. The van der Waals surface area contributed by atoms with Gasteiger partial charge < -0.3 is 15.4 Å². The van der Waals surface area contributed by atoms with Gasteiger partial charge in [-0.3, -0.25) is 4.79 Å². The summed E-state index contributed by atoms with van der Waals surface area (Å²) in [5.74, 6) is 0.683. The van der Waals surface area contributed by atoms with Crippen molar-refractivity contribution < 1.29 is 9.53 Å². The van der Waals surface area contributed by atoms with Gasteiger partial charge >= 0.3 is 0 Å². The fourth-order valence-corrected chi connectivity index (χ4v) is 1.89. The van der Waals surface area contributed by atoms with Crippen LogP contribution in [0, 0.1) is 6.92 Å². The number of rotatable bonds is 8. The lowest BCUT2D eigenvalue weighted by Crippen LogP contribution is -2.44. The third-order valence-electron chi connectivity index (χ3n) is 3.50. The topological polar surface area (TPSA) is 50.4 Å². The molecule has 1 aromatic rings. The van der Waals surface area contributed by atoms with Gasteiger partial charge in [0.05, 0.1) is 0 Å². The van der Waals surface area contributed by atoms with Crippen LogP contribution in [-0.4, -0.2) is 24.6 Å². The Kier molecular flexibility index (Phi) is 6.69. The van der Waals surface area contributed by atoms with Gasteiger partial charge in [0.25, 0.3) is 5.91 Å². The Balaban J connectivity index is 2.64. The minimum atomic E-state index is -0.194. The van der Waals surface area contributed by atoms with Gasteiger partial charge in [-0.25, -0.2) is 0 Å². The Morgan fingerprint density at radius 1 is 1.29 bits per heavy atom. The Bertz CT molecular complexity index is 470. The van der Waals surface area contributed by atoms with E-state index in [1.54, 1.807) is 0 Å². The molecule has 0 radical (unpaired) electrons. The van der Waals surface area contributed by atoms with Crippen molar-refractivity contribution in [2.75, 3.05) is 13.2 Å². The summed E-state index contributed by atoms with van der Waals surface area (Å²) in [5, 5.41) is 6.26. The highest BCUT2D eigenvalue weighted by Crippen LogP contribution is 2.20. The normalized spacial score (nSPS) is 11.3. The Labute approximate surface area is 128 Å². The number of aryl methyl sites for hydroxylation is 1. The fraction of sp³-hybridized carbons (Fsp3) is 0.588. The van der Waals surface area contributed by atoms with Crippen LogP contribution in [0.15, 0.2) is 18.2 Å². The van der Waals surface area contributed by atoms with E-state index < -0.39 is 0 Å². The molecule has 0 bridgehead atoms. The molecule has 0 spiro atoms. The standard InChI is InChI=1S/C17H28N2O2/c1-6-17(4,5)19-16(20)12-21-15-9-8-13(3)10-14(15)11-18-7-2/h8-10,18H,6-7,11-12H2,1-5H3,(H,19,20). The van der Waals surface area contributed by atoms with Crippen LogP contribution in [0.3, 0.4) is 0 Å². The second-order valence-electron chi connectivity index (χ2n) is 5.97. The predicted molar refractivity (Wildman–Crippen MR) is 86.6 cm³/mol. The van der Waals surface area contributed by atoms with Crippen LogP contribution < -0.4 is 15.4 Å². The molecule has 0 heterocycles. The van der Waals surface area contributed by atoms with Crippen molar-refractivity contribution in [3.63, 3.8) is 0 Å². The van der Waals surface area contributed by atoms with Crippen molar-refractivity contribution in [2.24, 2.45) is 0 Å². The van der Waals surface area contributed by atoms with Crippen LogP contribution in [0.1, 0.15) is 45.2 Å². The van der Waals surface area contributed by atoms with Gasteiger partial charge in [0.2, 0.25) is 0 Å². The summed E-state index contributed by atoms with van der Waals surface area (Å²) in [6.45, 7) is 11.9. The van der Waals surface area contributed by atoms with Crippen LogP contribution in [-0.2, 0) is 11.3 Å². The number of carbonyl (C=O) groups excluding carboxylic acids is 1. The number of carbonyl (C=O) groups is 1. The number of hydrogen-bond donors (Lipinski definition) is 2. The van der Waals surface area contributed by atoms with Crippen molar-refractivity contribution in [3.8, 4) is 5.75 Å². The molecule has 4 heteroatoms. The maximum atomic E-state index is 11.9. The molecular formula is C17H28N2O2. The molecule has 118 valence electrons. The Morgan fingerprint density at radius 3 is 2.62 bits per heavy atom. The molecule has 0 saturated heterocycles. The zero-order chi connectivity index (χ0) is 15.9. The average molecular weight is 292 g/mol. The zero-order valence-corrected chi connectivity index (χ0v) is 13.9. The second kappa shape index (κ2) is 8.03. The first kappa shape index (κ1) is 17.5. The lowest BCUT2D eigenvalue weighted by molar-refractivity contribution is -0.124. The van der Waals surface area contributed by atoms with E-state index in [0.29, 0.717) is 0 Å². The molecule has 0 aliphatic carbocycles. The first-order valence-corrected chi connectivity index (χ1v) is 7.62. The largest absolute Gasteiger partial charge is 0.483 e. The second-order valence-corrected chi connectivity index (χ2v) is 5.97. The van der Waals surface area contributed by atoms with E-state index in [1.807, 2.05) is 26.0 Å². The van der Waals surface area contributed by atoms with E-state index in [4.69, 9.17) is 4.74 Å². The maximum absolute atomic E-state index is 11.9. The van der Waals surface area contributed by atoms with Crippen molar-refractivity contribution >= 4 is 5.91 Å². The minimum Gasteiger partial charge on any atom is -0.483 e. The molecule has 0 unspecified atom stereocenters. The van der Waals surface area contributed by atoms with Gasteiger partial charge in [-0.2, -0.15) is 0 Å². The van der Waals surface area contributed by atoms with Gasteiger partial charge in [-0.1, -0.05) is 31.5 Å². The molecule has 0 aliphatic heterocycles. The van der Waals surface area contributed by atoms with Crippen molar-refractivity contribution in [1.29, 1.82) is 0 Å². The van der Waals surface area contributed by atoms with E-state index in [9.17, 15) is 4.79 Å². The average Bonchev–Trinajstić information content (AvgIpc) is 2.43. The van der Waals surface area contributed by atoms with E-state index in [-0.39, 0.29) is 18.1 Å². The SMILES string of the molecule is CCNCc1cc(C)ccc1OCC(=O)NC(C)(C)CC. The smallest absolute Gasteiger partial charge is 0.258 e. The van der Waals surface area contributed by atoms with Crippen molar-refractivity contribution in [2.45, 2.75) is 53.1 Å². The molecule has 4 nitrogen and oxygen atoms in total. The quantitative estimate of drug-likeness (QED) is 0.774. The number of ether oxygens (including phenoxy) is 1. The van der Waals surface area contributed by atoms with E-state index >= 15 is 0 Å². The van der Waals surface area contributed by atoms with Gasteiger partial charge in [0.15, 0.2) is 6.61 Å². The first-order chi connectivity index (χ1) is 9.88. The van der Waals surface area contributed by atoms with Crippen LogP contribution in [0.2, 0.25) is 0 Å². The third kappa shape index (κ3) is 6.17. The van der Waals surface area contributed by atoms with E-state index in [2.05, 4.69) is 37.5 Å². The molecule has 0 atom stereocenters. The summed E-state index contributed by atoms with van der Waals surface area (Å²) in [6, 6.07) is 6.02. The minimum absolute atomic E-state index is 0.0472. The lowest BCUT2D eigenvalue weighted by Gasteiger charge is -2.24. The zero-order valence-electron chi connectivity index (χ0n) is 13.9. The summed E-state index contributed by atoms with van der Waals surface area (Å²) in [7, 11) is 0. The number of benzene rings is 1. The summed E-state index contributed by atoms with van der Waals surface area (Å²) < 4.78 is 5.69. The molecule has 1 rings (SSSR count). The highest BCUT2D eigenvalue weighted by Gasteiger charge is 2.18. The molecule has 0 saturated carbocycles. The highest BCUT2D eigenvalue weighted by molar-refractivity contribution is 5.78. The lowest BCUT2D eigenvalue weighted by atomic mass is 10.0. The summed E-state index contributed by atoms with van der Waals surface area (Å²) in [4.78, 5) is 11.9. The van der Waals surface area contributed by atoms with E-state index in [1.165, 1.54) is 5.56 Å². The van der Waals surface area contributed by atoms with E-state index in [0.717, 1.165) is 30.8 Å². The summed E-state index contributed by atoms with van der Waals surface area (Å²) in [5.41, 5.74) is 2.08. The predicted octanol–water partition coefficient (Wildman–Crippen LogP) is 2.79. The molecule has 0 fully saturated rings. The van der Waals surface area contributed by atoms with Crippen LogP contribution >= 0.6 is 0 Å². The van der Waals surface area contributed by atoms with Gasteiger partial charge in [0, 0.05) is 17.6 Å². The fourth-order valence-electron chi connectivity index (χ4n) is 1.89. The molecule has 0 aromatic heterocycles.